The highest BCUT2D eigenvalue weighted by molar-refractivity contribution is 7.85. The van der Waals surface area contributed by atoms with E-state index in [-0.39, 0.29) is 10.2 Å². The Labute approximate surface area is 99.3 Å². The zero-order valence-electron chi connectivity index (χ0n) is 10.3. The second kappa shape index (κ2) is 3.62. The fraction of sp³-hybridized carbons (Fsp3) is 0.917. The molecule has 2 bridgehead atoms. The smallest absolute Gasteiger partial charge is 0.144 e. The first kappa shape index (κ1) is 12.2. The molecule has 0 N–H and O–H groups in total. The Morgan fingerprint density at radius 2 is 1.81 bits per heavy atom. The van der Waals surface area contributed by atoms with Crippen molar-refractivity contribution in [1.82, 2.24) is 0 Å². The van der Waals surface area contributed by atoms with Gasteiger partial charge in [-0.25, -0.2) is 8.60 Å². The van der Waals surface area contributed by atoms with Crippen molar-refractivity contribution < 1.29 is 8.60 Å². The summed E-state index contributed by atoms with van der Waals surface area (Å²) in [5.74, 6) is 0. The molecule has 2 aliphatic rings. The van der Waals surface area contributed by atoms with E-state index in [1.807, 2.05) is 20.8 Å². The number of alkyl halides is 1. The SMILES string of the molecule is CC(C)(C)S(=O)N=CC12CCC(F)(CC1)C2. The molecule has 92 valence electrons. The molecular formula is C12H20FNOS. The Morgan fingerprint density at radius 1 is 1.25 bits per heavy atom. The molecule has 2 aliphatic carbocycles. The molecule has 0 aromatic rings. The molecule has 0 aromatic carbocycles. The van der Waals surface area contributed by atoms with Crippen LogP contribution in [0.3, 0.4) is 0 Å². The lowest BCUT2D eigenvalue weighted by molar-refractivity contribution is 0.176. The molecule has 16 heavy (non-hydrogen) atoms. The van der Waals surface area contributed by atoms with Gasteiger partial charge in [0.15, 0.2) is 0 Å². The second-order valence-corrected chi connectivity index (χ2v) is 8.22. The molecule has 1 unspecified atom stereocenters. The molecule has 2 fully saturated rings. The van der Waals surface area contributed by atoms with Crippen LogP contribution in [0, 0.1) is 5.41 Å². The van der Waals surface area contributed by atoms with Crippen molar-refractivity contribution in [3.05, 3.63) is 0 Å². The molecule has 0 radical (unpaired) electrons. The van der Waals surface area contributed by atoms with Crippen LogP contribution in [0.2, 0.25) is 0 Å². The Bertz CT molecular complexity index is 337. The molecule has 0 aromatic heterocycles. The first-order valence-corrected chi connectivity index (χ1v) is 7.02. The maximum Gasteiger partial charge on any atom is 0.144 e. The highest BCUT2D eigenvalue weighted by Crippen LogP contribution is 2.57. The standard InChI is InChI=1S/C12H20FNOS/c1-10(2,3)16(15)14-9-11-4-6-12(13,8-11)7-5-11/h9H,4-8H2,1-3H3. The number of rotatable bonds is 2. The number of hydrogen-bond donors (Lipinski definition) is 0. The lowest BCUT2D eigenvalue weighted by Gasteiger charge is -2.21. The van der Waals surface area contributed by atoms with Gasteiger partial charge in [-0.05, 0) is 52.9 Å². The Kier molecular flexibility index (Phi) is 2.76. The van der Waals surface area contributed by atoms with Crippen LogP contribution in [-0.2, 0) is 11.0 Å². The zero-order chi connectivity index (χ0) is 12.0. The molecule has 4 heteroatoms. The summed E-state index contributed by atoms with van der Waals surface area (Å²) in [5, 5.41) is 0. The predicted molar refractivity (Wildman–Crippen MR) is 65.7 cm³/mol. The molecule has 1 atom stereocenters. The minimum absolute atomic E-state index is 0.0876. The minimum atomic E-state index is -1.21. The number of halogens is 1. The summed E-state index contributed by atoms with van der Waals surface area (Å²) in [7, 11) is -1.21. The van der Waals surface area contributed by atoms with Crippen LogP contribution in [0.25, 0.3) is 0 Å². The largest absolute Gasteiger partial charge is 0.244 e. The highest BCUT2D eigenvalue weighted by Gasteiger charge is 2.54. The van der Waals surface area contributed by atoms with Crippen molar-refractivity contribution in [2.45, 2.75) is 63.3 Å². The van der Waals surface area contributed by atoms with Gasteiger partial charge < -0.3 is 0 Å². The summed E-state index contributed by atoms with van der Waals surface area (Å²) in [4.78, 5) is 0. The van der Waals surface area contributed by atoms with E-state index in [1.54, 1.807) is 6.21 Å². The molecule has 2 nitrogen and oxygen atoms in total. The van der Waals surface area contributed by atoms with Crippen molar-refractivity contribution in [2.75, 3.05) is 0 Å². The van der Waals surface area contributed by atoms with Gasteiger partial charge in [0.25, 0.3) is 0 Å². The summed E-state index contributed by atoms with van der Waals surface area (Å²) < 4.78 is 29.6. The van der Waals surface area contributed by atoms with Gasteiger partial charge in [0.2, 0.25) is 0 Å². The first-order valence-electron chi connectivity index (χ1n) is 5.91. The van der Waals surface area contributed by atoms with Gasteiger partial charge in [-0.15, -0.1) is 0 Å². The van der Waals surface area contributed by atoms with Gasteiger partial charge in [-0.3, -0.25) is 0 Å². The van der Waals surface area contributed by atoms with E-state index >= 15 is 0 Å². The Balaban J connectivity index is 2.06. The normalized spacial score (nSPS) is 40.8. The van der Waals surface area contributed by atoms with E-state index < -0.39 is 16.7 Å². The van der Waals surface area contributed by atoms with Crippen molar-refractivity contribution in [1.29, 1.82) is 0 Å². The summed E-state index contributed by atoms with van der Waals surface area (Å²) in [6.45, 7) is 5.71. The number of nitrogens with zero attached hydrogens (tertiary/aromatic N) is 1. The van der Waals surface area contributed by atoms with Gasteiger partial charge in [0.05, 0.1) is 4.75 Å². The zero-order valence-corrected chi connectivity index (χ0v) is 11.1. The maximum absolute atomic E-state index is 13.9. The quantitative estimate of drug-likeness (QED) is 0.687. The number of fused-ring (bicyclic) bond motifs is 2. The van der Waals surface area contributed by atoms with Crippen LogP contribution in [0.1, 0.15) is 52.9 Å². The van der Waals surface area contributed by atoms with Gasteiger partial charge in [-0.1, -0.05) is 0 Å². The van der Waals surface area contributed by atoms with Gasteiger partial charge in [0, 0.05) is 11.6 Å². The lowest BCUT2D eigenvalue weighted by Crippen LogP contribution is -2.22. The maximum atomic E-state index is 13.9. The van der Waals surface area contributed by atoms with E-state index in [0.717, 1.165) is 12.8 Å². The van der Waals surface area contributed by atoms with Gasteiger partial charge in [-0.2, -0.15) is 4.40 Å². The summed E-state index contributed by atoms with van der Waals surface area (Å²) >= 11 is 0. The molecular weight excluding hydrogens is 225 g/mol. The Morgan fingerprint density at radius 3 is 2.19 bits per heavy atom. The summed E-state index contributed by atoms with van der Waals surface area (Å²) in [6, 6.07) is 0. The molecule has 0 spiro atoms. The van der Waals surface area contributed by atoms with Crippen molar-refractivity contribution in [2.24, 2.45) is 9.81 Å². The molecule has 0 heterocycles. The minimum Gasteiger partial charge on any atom is -0.244 e. The molecule has 0 amide bonds. The third-order valence-corrected chi connectivity index (χ3v) is 5.10. The fourth-order valence-corrected chi connectivity index (χ4v) is 3.31. The van der Waals surface area contributed by atoms with Crippen LogP contribution in [0.15, 0.2) is 4.40 Å². The van der Waals surface area contributed by atoms with E-state index in [2.05, 4.69) is 4.40 Å². The van der Waals surface area contributed by atoms with Gasteiger partial charge >= 0.3 is 0 Å². The molecule has 2 saturated carbocycles. The lowest BCUT2D eigenvalue weighted by atomic mass is 9.86. The molecule has 0 aliphatic heterocycles. The van der Waals surface area contributed by atoms with E-state index in [0.29, 0.717) is 19.3 Å². The van der Waals surface area contributed by atoms with Crippen LogP contribution in [0.4, 0.5) is 4.39 Å². The second-order valence-electron chi connectivity index (χ2n) is 6.29. The van der Waals surface area contributed by atoms with Crippen molar-refractivity contribution in [3.8, 4) is 0 Å². The number of hydrogen-bond acceptors (Lipinski definition) is 1. The average molecular weight is 245 g/mol. The van der Waals surface area contributed by atoms with Crippen LogP contribution < -0.4 is 0 Å². The van der Waals surface area contributed by atoms with E-state index in [4.69, 9.17) is 0 Å². The molecule has 0 saturated heterocycles. The third kappa shape index (κ3) is 2.22. The highest BCUT2D eigenvalue weighted by atomic mass is 32.2. The first-order chi connectivity index (χ1) is 7.25. The van der Waals surface area contributed by atoms with Gasteiger partial charge in [0.1, 0.15) is 16.7 Å². The monoisotopic (exact) mass is 245 g/mol. The molecule has 2 rings (SSSR count). The van der Waals surface area contributed by atoms with E-state index in [9.17, 15) is 8.60 Å². The fourth-order valence-electron chi connectivity index (χ4n) is 2.67. The average Bonchev–Trinajstić information content (AvgIpc) is 2.67. The van der Waals surface area contributed by atoms with Crippen LogP contribution >= 0.6 is 0 Å². The van der Waals surface area contributed by atoms with Crippen molar-refractivity contribution >= 4 is 17.2 Å². The summed E-state index contributed by atoms with van der Waals surface area (Å²) in [6.07, 6.45) is 5.43. The van der Waals surface area contributed by atoms with E-state index in [1.165, 1.54) is 0 Å². The Hall–Kier alpha value is -0.250. The van der Waals surface area contributed by atoms with Crippen LogP contribution in [-0.4, -0.2) is 20.8 Å². The van der Waals surface area contributed by atoms with Crippen molar-refractivity contribution in [3.63, 3.8) is 0 Å². The van der Waals surface area contributed by atoms with Crippen LogP contribution in [0.5, 0.6) is 0 Å². The third-order valence-electron chi connectivity index (χ3n) is 3.76. The predicted octanol–water partition coefficient (Wildman–Crippen LogP) is 3.19. The summed E-state index contributed by atoms with van der Waals surface area (Å²) in [5.41, 5.74) is -1.04. The topological polar surface area (TPSA) is 29.4 Å².